The van der Waals surface area contributed by atoms with Crippen molar-refractivity contribution in [3.05, 3.63) is 11.7 Å². The highest BCUT2D eigenvalue weighted by molar-refractivity contribution is 7.89. The van der Waals surface area contributed by atoms with Crippen molar-refractivity contribution in [2.75, 3.05) is 25.4 Å². The quantitative estimate of drug-likeness (QED) is 0.599. The Morgan fingerprint density at radius 2 is 2.05 bits per heavy atom. The summed E-state index contributed by atoms with van der Waals surface area (Å²) in [7, 11) is -3.20. The van der Waals surface area contributed by atoms with Crippen LogP contribution in [0.1, 0.15) is 31.5 Å². The smallest absolute Gasteiger partial charge is 0.223 e. The van der Waals surface area contributed by atoms with Crippen molar-refractivity contribution in [1.82, 2.24) is 20.2 Å². The number of sulfonamides is 1. The minimum Gasteiger partial charge on any atom is -0.340 e. The third kappa shape index (κ3) is 7.24. The molecule has 110 valence electrons. The van der Waals surface area contributed by atoms with Gasteiger partial charge in [0.15, 0.2) is 5.82 Å². The Hall–Kier alpha value is -0.990. The van der Waals surface area contributed by atoms with Crippen molar-refractivity contribution < 1.29 is 12.9 Å². The van der Waals surface area contributed by atoms with Crippen LogP contribution in [0.2, 0.25) is 0 Å². The fraction of sp³-hybridized carbons (Fsp3) is 0.818. The summed E-state index contributed by atoms with van der Waals surface area (Å²) in [6, 6.07) is 0. The number of aryl methyl sites for hydroxylation is 1. The summed E-state index contributed by atoms with van der Waals surface area (Å²) >= 11 is 0. The highest BCUT2D eigenvalue weighted by Crippen LogP contribution is 1.97. The molecule has 0 aromatic carbocycles. The van der Waals surface area contributed by atoms with E-state index in [0.717, 1.165) is 19.5 Å². The van der Waals surface area contributed by atoms with Crippen molar-refractivity contribution in [2.45, 2.75) is 33.1 Å². The van der Waals surface area contributed by atoms with Gasteiger partial charge < -0.3 is 9.84 Å². The number of hydrogen-bond donors (Lipinski definition) is 2. The molecular formula is C11H22N4O3S. The number of unbranched alkanes of at least 4 members (excludes halogenated alkanes) is 1. The molecule has 0 amide bonds. The molecule has 0 radical (unpaired) electrons. The molecule has 0 aliphatic carbocycles. The first-order valence-corrected chi connectivity index (χ1v) is 8.16. The van der Waals surface area contributed by atoms with Crippen LogP contribution in [0, 0.1) is 6.92 Å². The minimum absolute atomic E-state index is 0.156. The lowest BCUT2D eigenvalue weighted by Crippen LogP contribution is -2.29. The van der Waals surface area contributed by atoms with Gasteiger partial charge in [0.2, 0.25) is 15.9 Å². The van der Waals surface area contributed by atoms with E-state index in [4.69, 9.17) is 4.52 Å². The van der Waals surface area contributed by atoms with Crippen LogP contribution in [-0.4, -0.2) is 43.9 Å². The minimum atomic E-state index is -3.20. The SMILES string of the molecule is CCNCCCCS(=O)(=O)NCCc1noc(C)n1. The molecule has 0 fully saturated rings. The molecule has 7 nitrogen and oxygen atoms in total. The summed E-state index contributed by atoms with van der Waals surface area (Å²) in [6.45, 7) is 5.79. The molecule has 0 saturated heterocycles. The molecule has 1 aromatic heterocycles. The van der Waals surface area contributed by atoms with Gasteiger partial charge in [0.25, 0.3) is 0 Å². The van der Waals surface area contributed by atoms with Gasteiger partial charge in [-0.25, -0.2) is 13.1 Å². The second kappa shape index (κ2) is 8.23. The Kier molecular flexibility index (Phi) is 6.96. The summed E-state index contributed by atoms with van der Waals surface area (Å²) < 4.78 is 30.7. The fourth-order valence-corrected chi connectivity index (χ4v) is 2.69. The summed E-state index contributed by atoms with van der Waals surface area (Å²) in [5, 5.41) is 6.86. The molecule has 0 atom stereocenters. The van der Waals surface area contributed by atoms with Gasteiger partial charge in [-0.3, -0.25) is 0 Å². The monoisotopic (exact) mass is 290 g/mol. The van der Waals surface area contributed by atoms with Gasteiger partial charge in [-0.2, -0.15) is 4.98 Å². The van der Waals surface area contributed by atoms with E-state index in [9.17, 15) is 8.42 Å². The number of nitrogens with zero attached hydrogens (tertiary/aromatic N) is 2. The van der Waals surface area contributed by atoms with Crippen LogP contribution in [0.5, 0.6) is 0 Å². The molecule has 2 N–H and O–H groups in total. The zero-order valence-corrected chi connectivity index (χ0v) is 12.3. The largest absolute Gasteiger partial charge is 0.340 e. The number of aromatic nitrogens is 2. The van der Waals surface area contributed by atoms with Gasteiger partial charge >= 0.3 is 0 Å². The van der Waals surface area contributed by atoms with Crippen molar-refractivity contribution in [1.29, 1.82) is 0 Å². The lowest BCUT2D eigenvalue weighted by molar-refractivity contribution is 0.387. The Labute approximate surface area is 114 Å². The molecule has 8 heteroatoms. The van der Waals surface area contributed by atoms with Gasteiger partial charge in [0, 0.05) is 19.9 Å². The maximum atomic E-state index is 11.7. The predicted octanol–water partition coefficient (Wildman–Crippen LogP) is 0.230. The van der Waals surface area contributed by atoms with Crippen molar-refractivity contribution >= 4 is 10.0 Å². The molecule has 1 aromatic rings. The van der Waals surface area contributed by atoms with Gasteiger partial charge in [0.1, 0.15) is 0 Å². The van der Waals surface area contributed by atoms with Crippen LogP contribution in [0.4, 0.5) is 0 Å². The summed E-state index contributed by atoms with van der Waals surface area (Å²) in [6.07, 6.45) is 1.95. The van der Waals surface area contributed by atoms with E-state index < -0.39 is 10.0 Å². The molecule has 0 aliphatic heterocycles. The molecular weight excluding hydrogens is 268 g/mol. The Balaban J connectivity index is 2.16. The van der Waals surface area contributed by atoms with Crippen molar-refractivity contribution in [3.63, 3.8) is 0 Å². The third-order valence-corrected chi connectivity index (χ3v) is 3.98. The first-order valence-electron chi connectivity index (χ1n) is 6.50. The normalized spacial score (nSPS) is 11.9. The Morgan fingerprint density at radius 1 is 1.26 bits per heavy atom. The average molecular weight is 290 g/mol. The van der Waals surface area contributed by atoms with E-state index in [-0.39, 0.29) is 5.75 Å². The first kappa shape index (κ1) is 16.1. The van der Waals surface area contributed by atoms with E-state index in [2.05, 4.69) is 20.2 Å². The first-order chi connectivity index (χ1) is 9.03. The van der Waals surface area contributed by atoms with Crippen LogP contribution < -0.4 is 10.0 Å². The van der Waals surface area contributed by atoms with Crippen LogP contribution in [0.25, 0.3) is 0 Å². The van der Waals surface area contributed by atoms with Crippen LogP contribution in [0.15, 0.2) is 4.52 Å². The lowest BCUT2D eigenvalue weighted by atomic mass is 10.3. The standard InChI is InChI=1S/C11H22N4O3S/c1-3-12-7-4-5-9-19(16,17)13-8-6-11-14-10(2)18-15-11/h12-13H,3-9H2,1-2H3. The zero-order valence-electron chi connectivity index (χ0n) is 11.5. The maximum Gasteiger partial charge on any atom is 0.223 e. The van der Waals surface area contributed by atoms with Gasteiger partial charge in [0.05, 0.1) is 5.75 Å². The average Bonchev–Trinajstić information content (AvgIpc) is 2.74. The number of nitrogens with one attached hydrogen (secondary N) is 2. The molecule has 0 aliphatic rings. The van der Waals surface area contributed by atoms with Gasteiger partial charge in [-0.05, 0) is 25.9 Å². The molecule has 0 unspecified atom stereocenters. The molecule has 0 bridgehead atoms. The topological polar surface area (TPSA) is 97.1 Å². The molecule has 1 rings (SSSR count). The van der Waals surface area contributed by atoms with Crippen molar-refractivity contribution in [2.24, 2.45) is 0 Å². The maximum absolute atomic E-state index is 11.7. The second-order valence-corrected chi connectivity index (χ2v) is 6.18. The van der Waals surface area contributed by atoms with E-state index >= 15 is 0 Å². The second-order valence-electron chi connectivity index (χ2n) is 4.25. The van der Waals surface area contributed by atoms with E-state index in [1.165, 1.54) is 0 Å². The number of hydrogen-bond acceptors (Lipinski definition) is 6. The van der Waals surface area contributed by atoms with E-state index in [1.807, 2.05) is 6.92 Å². The van der Waals surface area contributed by atoms with Crippen molar-refractivity contribution in [3.8, 4) is 0 Å². The summed E-state index contributed by atoms with van der Waals surface area (Å²) in [5.74, 6) is 1.16. The van der Waals surface area contributed by atoms with Gasteiger partial charge in [-0.1, -0.05) is 12.1 Å². The highest BCUT2D eigenvalue weighted by atomic mass is 32.2. The van der Waals surface area contributed by atoms with Crippen LogP contribution in [0.3, 0.4) is 0 Å². The summed E-state index contributed by atoms with van der Waals surface area (Å²) in [5.41, 5.74) is 0. The molecule has 0 saturated carbocycles. The van der Waals surface area contributed by atoms with Gasteiger partial charge in [-0.15, -0.1) is 0 Å². The molecule has 1 heterocycles. The Morgan fingerprint density at radius 3 is 2.68 bits per heavy atom. The van der Waals surface area contributed by atoms with Crippen LogP contribution in [-0.2, 0) is 16.4 Å². The Bertz CT molecular complexity index is 458. The third-order valence-electron chi connectivity index (χ3n) is 2.51. The highest BCUT2D eigenvalue weighted by Gasteiger charge is 2.10. The molecule has 0 spiro atoms. The van der Waals surface area contributed by atoms with E-state index in [0.29, 0.717) is 31.1 Å². The molecule has 19 heavy (non-hydrogen) atoms. The zero-order chi connectivity index (χ0) is 14.1. The van der Waals surface area contributed by atoms with Crippen LogP contribution >= 0.6 is 0 Å². The fourth-order valence-electron chi connectivity index (χ4n) is 1.55. The predicted molar refractivity (Wildman–Crippen MR) is 72.3 cm³/mol. The number of rotatable bonds is 10. The lowest BCUT2D eigenvalue weighted by Gasteiger charge is -2.05. The van der Waals surface area contributed by atoms with E-state index in [1.54, 1.807) is 6.92 Å². The summed E-state index contributed by atoms with van der Waals surface area (Å²) in [4.78, 5) is 4.01.